The molecule has 0 heterocycles. The molecule has 0 saturated carbocycles. The van der Waals surface area contributed by atoms with Crippen LogP contribution in [0.15, 0.2) is 48.5 Å². The first kappa shape index (κ1) is 13.5. The number of rotatable bonds is 5. The molecule has 2 rings (SSSR count). The number of hydrogen-bond acceptors (Lipinski definition) is 2. The molecule has 0 spiro atoms. The minimum atomic E-state index is -0.446. The molecule has 0 unspecified atom stereocenters. The van der Waals surface area contributed by atoms with E-state index in [-0.39, 0.29) is 10.7 Å². The van der Waals surface area contributed by atoms with Crippen LogP contribution in [0.4, 0.5) is 4.39 Å². The van der Waals surface area contributed by atoms with Crippen LogP contribution in [0.5, 0.6) is 5.75 Å². The van der Waals surface area contributed by atoms with Crippen molar-refractivity contribution in [2.75, 3.05) is 6.61 Å². The summed E-state index contributed by atoms with van der Waals surface area (Å²) in [6, 6.07) is 14.4. The Labute approximate surface area is 117 Å². The lowest BCUT2D eigenvalue weighted by Gasteiger charge is -2.08. The molecule has 0 bridgehead atoms. The van der Waals surface area contributed by atoms with Gasteiger partial charge in [-0.05, 0) is 23.8 Å². The molecule has 19 heavy (non-hydrogen) atoms. The number of benzene rings is 2. The van der Waals surface area contributed by atoms with E-state index in [2.05, 4.69) is 0 Å². The van der Waals surface area contributed by atoms with E-state index in [0.717, 1.165) is 12.0 Å². The first-order valence-corrected chi connectivity index (χ1v) is 6.34. The van der Waals surface area contributed by atoms with E-state index in [9.17, 15) is 4.39 Å². The lowest BCUT2D eigenvalue weighted by Crippen LogP contribution is -2.10. The minimum absolute atomic E-state index is 0.176. The van der Waals surface area contributed by atoms with Crippen LogP contribution in [-0.2, 0) is 6.42 Å². The zero-order chi connectivity index (χ0) is 13.7. The molecule has 4 heteroatoms. The molecule has 98 valence electrons. The van der Waals surface area contributed by atoms with Crippen molar-refractivity contribution in [3.8, 4) is 5.75 Å². The van der Waals surface area contributed by atoms with Gasteiger partial charge in [-0.25, -0.2) is 4.39 Å². The quantitative estimate of drug-likeness (QED) is 0.852. The number of thiocarbonyl (C=S) groups is 1. The topological polar surface area (TPSA) is 35.2 Å². The van der Waals surface area contributed by atoms with E-state index in [1.54, 1.807) is 12.1 Å². The van der Waals surface area contributed by atoms with Gasteiger partial charge in [0.05, 0.1) is 6.61 Å². The van der Waals surface area contributed by atoms with Crippen molar-refractivity contribution in [2.24, 2.45) is 5.73 Å². The largest absolute Gasteiger partial charge is 0.490 e. The molecule has 0 radical (unpaired) electrons. The molecule has 0 aliphatic carbocycles. The van der Waals surface area contributed by atoms with E-state index in [1.807, 2.05) is 30.3 Å². The summed E-state index contributed by atoms with van der Waals surface area (Å²) < 4.78 is 19.1. The molecule has 0 saturated heterocycles. The van der Waals surface area contributed by atoms with Gasteiger partial charge >= 0.3 is 0 Å². The predicted molar refractivity (Wildman–Crippen MR) is 77.9 cm³/mol. The summed E-state index contributed by atoms with van der Waals surface area (Å²) in [4.78, 5) is 0.176. The Morgan fingerprint density at radius 1 is 1.16 bits per heavy atom. The Morgan fingerprint density at radius 2 is 1.89 bits per heavy atom. The average Bonchev–Trinajstić information content (AvgIpc) is 2.41. The molecular weight excluding hydrogens is 261 g/mol. The standard InChI is InChI=1S/C15H14FNOS/c16-13-10-12(15(17)19)6-7-14(13)18-9-8-11-4-2-1-3-5-11/h1-7,10H,8-9H2,(H2,17,19). The highest BCUT2D eigenvalue weighted by Crippen LogP contribution is 2.18. The Kier molecular flexibility index (Phi) is 4.47. The van der Waals surface area contributed by atoms with Crippen LogP contribution in [0.2, 0.25) is 0 Å². The van der Waals surface area contributed by atoms with Crippen molar-refractivity contribution in [2.45, 2.75) is 6.42 Å². The van der Waals surface area contributed by atoms with Gasteiger partial charge in [0, 0.05) is 12.0 Å². The Bertz CT molecular complexity index is 572. The maximum Gasteiger partial charge on any atom is 0.165 e. The van der Waals surface area contributed by atoms with Gasteiger partial charge < -0.3 is 10.5 Å². The molecule has 0 amide bonds. The van der Waals surface area contributed by atoms with Crippen LogP contribution < -0.4 is 10.5 Å². The molecule has 0 atom stereocenters. The zero-order valence-corrected chi connectivity index (χ0v) is 11.1. The maximum absolute atomic E-state index is 13.7. The molecule has 2 N–H and O–H groups in total. The van der Waals surface area contributed by atoms with E-state index in [0.29, 0.717) is 12.2 Å². The van der Waals surface area contributed by atoms with Crippen LogP contribution in [0, 0.1) is 5.82 Å². The minimum Gasteiger partial charge on any atom is -0.490 e. The average molecular weight is 275 g/mol. The summed E-state index contributed by atoms with van der Waals surface area (Å²) >= 11 is 4.79. The van der Waals surface area contributed by atoms with Crippen molar-refractivity contribution in [1.82, 2.24) is 0 Å². The highest BCUT2D eigenvalue weighted by Gasteiger charge is 2.06. The van der Waals surface area contributed by atoms with Gasteiger partial charge in [-0.1, -0.05) is 42.5 Å². The van der Waals surface area contributed by atoms with Crippen molar-refractivity contribution in [3.05, 3.63) is 65.5 Å². The van der Waals surface area contributed by atoms with Gasteiger partial charge in [0.1, 0.15) is 4.99 Å². The summed E-state index contributed by atoms with van der Waals surface area (Å²) in [5.41, 5.74) is 7.09. The number of ether oxygens (including phenoxy) is 1. The van der Waals surface area contributed by atoms with Gasteiger partial charge in [0.15, 0.2) is 11.6 Å². The molecular formula is C15H14FNOS. The van der Waals surface area contributed by atoms with Crippen molar-refractivity contribution in [1.29, 1.82) is 0 Å². The monoisotopic (exact) mass is 275 g/mol. The molecule has 0 aliphatic heterocycles. The summed E-state index contributed by atoms with van der Waals surface area (Å²) in [7, 11) is 0. The first-order chi connectivity index (χ1) is 9.16. The summed E-state index contributed by atoms with van der Waals surface area (Å²) in [5.74, 6) is -0.228. The molecule has 2 aromatic carbocycles. The highest BCUT2D eigenvalue weighted by atomic mass is 32.1. The third-order valence-corrected chi connectivity index (χ3v) is 2.94. The second-order valence-electron chi connectivity index (χ2n) is 4.09. The van der Waals surface area contributed by atoms with Gasteiger partial charge in [-0.2, -0.15) is 0 Å². The Balaban J connectivity index is 1.95. The van der Waals surface area contributed by atoms with Crippen molar-refractivity contribution in [3.63, 3.8) is 0 Å². The fourth-order valence-electron chi connectivity index (χ4n) is 1.69. The second-order valence-corrected chi connectivity index (χ2v) is 4.53. The zero-order valence-electron chi connectivity index (χ0n) is 10.3. The lowest BCUT2D eigenvalue weighted by atomic mass is 10.2. The van der Waals surface area contributed by atoms with E-state index in [1.165, 1.54) is 6.07 Å². The summed E-state index contributed by atoms with van der Waals surface area (Å²) in [6.45, 7) is 0.424. The van der Waals surface area contributed by atoms with Crippen LogP contribution in [-0.4, -0.2) is 11.6 Å². The van der Waals surface area contributed by atoms with Crippen LogP contribution in [0.1, 0.15) is 11.1 Å². The number of hydrogen-bond donors (Lipinski definition) is 1. The van der Waals surface area contributed by atoms with E-state index >= 15 is 0 Å². The normalized spacial score (nSPS) is 10.2. The fraction of sp³-hybridized carbons (Fsp3) is 0.133. The summed E-state index contributed by atoms with van der Waals surface area (Å²) in [5, 5.41) is 0. The Morgan fingerprint density at radius 3 is 2.53 bits per heavy atom. The molecule has 0 aliphatic rings. The SMILES string of the molecule is NC(=S)c1ccc(OCCc2ccccc2)c(F)c1. The Hall–Kier alpha value is -1.94. The van der Waals surface area contributed by atoms with Gasteiger partial charge in [0.2, 0.25) is 0 Å². The van der Waals surface area contributed by atoms with Crippen molar-refractivity contribution < 1.29 is 9.13 Å². The molecule has 2 aromatic rings. The van der Waals surface area contributed by atoms with Crippen molar-refractivity contribution >= 4 is 17.2 Å². The van der Waals surface area contributed by atoms with Gasteiger partial charge in [0.25, 0.3) is 0 Å². The highest BCUT2D eigenvalue weighted by molar-refractivity contribution is 7.80. The molecule has 0 aromatic heterocycles. The maximum atomic E-state index is 13.7. The molecule has 2 nitrogen and oxygen atoms in total. The molecule has 0 fully saturated rings. The van der Waals surface area contributed by atoms with Gasteiger partial charge in [-0.3, -0.25) is 0 Å². The van der Waals surface area contributed by atoms with Crippen LogP contribution in [0.25, 0.3) is 0 Å². The number of nitrogens with two attached hydrogens (primary N) is 1. The third kappa shape index (κ3) is 3.76. The lowest BCUT2D eigenvalue weighted by molar-refractivity contribution is 0.305. The fourth-order valence-corrected chi connectivity index (χ4v) is 1.82. The smallest absolute Gasteiger partial charge is 0.165 e. The predicted octanol–water partition coefficient (Wildman–Crippen LogP) is 3.08. The van der Waals surface area contributed by atoms with Crippen LogP contribution in [0.3, 0.4) is 0 Å². The second kappa shape index (κ2) is 6.29. The summed E-state index contributed by atoms with van der Waals surface area (Å²) in [6.07, 6.45) is 0.733. The first-order valence-electron chi connectivity index (χ1n) is 5.93. The van der Waals surface area contributed by atoms with Crippen LogP contribution >= 0.6 is 12.2 Å². The van der Waals surface area contributed by atoms with Gasteiger partial charge in [-0.15, -0.1) is 0 Å². The van der Waals surface area contributed by atoms with E-state index < -0.39 is 5.82 Å². The van der Waals surface area contributed by atoms with E-state index in [4.69, 9.17) is 22.7 Å². The third-order valence-electron chi connectivity index (χ3n) is 2.71. The number of halogens is 1.